The third-order valence-electron chi connectivity index (χ3n) is 8.45. The minimum Gasteiger partial charge on any atom is -0.493 e. The van der Waals surface area contributed by atoms with Gasteiger partial charge in [-0.2, -0.15) is 0 Å². The molecule has 3 unspecified atom stereocenters. The number of hydrogen-bond acceptors (Lipinski definition) is 6. The standard InChI is InChI=1S/C29H44N4O6/c1-3-4-12-31(14-6-16-34)26(35)20-33-19-23(21-7-8-25-22(18-21)10-17-39-25)27(28(36)37)24(33)9-15-32-13-5-11-30(2)29(32)38/h7-8,18,23-24,27,34H,3-6,9-17,19-20H2,1-2H3,(H,36,37). The van der Waals surface area contributed by atoms with Crippen LogP contribution in [0.4, 0.5) is 4.79 Å². The van der Waals surface area contributed by atoms with Crippen LogP contribution >= 0.6 is 0 Å². The van der Waals surface area contributed by atoms with Crippen LogP contribution in [-0.4, -0.2) is 120 Å². The van der Waals surface area contributed by atoms with Gasteiger partial charge in [0.2, 0.25) is 5.91 Å². The van der Waals surface area contributed by atoms with Crippen LogP contribution in [0.3, 0.4) is 0 Å². The monoisotopic (exact) mass is 544 g/mol. The molecule has 2 N–H and O–H groups in total. The van der Waals surface area contributed by atoms with E-state index in [0.717, 1.165) is 49.1 Å². The number of carbonyl (C=O) groups excluding carboxylic acids is 2. The molecule has 2 fully saturated rings. The zero-order valence-electron chi connectivity index (χ0n) is 23.4. The van der Waals surface area contributed by atoms with Gasteiger partial charge >= 0.3 is 12.0 Å². The smallest absolute Gasteiger partial charge is 0.319 e. The highest BCUT2D eigenvalue weighted by atomic mass is 16.5. The van der Waals surface area contributed by atoms with Gasteiger partial charge in [0.05, 0.1) is 19.1 Å². The van der Waals surface area contributed by atoms with Crippen LogP contribution in [-0.2, 0) is 16.0 Å². The molecule has 1 aromatic carbocycles. The average molecular weight is 545 g/mol. The second kappa shape index (κ2) is 13.5. The maximum Gasteiger partial charge on any atom is 0.319 e. The molecule has 0 bridgehead atoms. The van der Waals surface area contributed by atoms with Crippen molar-refractivity contribution in [3.63, 3.8) is 0 Å². The molecule has 39 heavy (non-hydrogen) atoms. The number of hydrogen-bond donors (Lipinski definition) is 2. The van der Waals surface area contributed by atoms with E-state index in [2.05, 4.69) is 13.0 Å². The van der Waals surface area contributed by atoms with Crippen molar-refractivity contribution in [1.29, 1.82) is 0 Å². The van der Waals surface area contributed by atoms with Gasteiger partial charge in [-0.15, -0.1) is 0 Å². The van der Waals surface area contributed by atoms with E-state index in [1.165, 1.54) is 0 Å². The van der Waals surface area contributed by atoms with Crippen molar-refractivity contribution in [2.75, 3.05) is 66.1 Å². The summed E-state index contributed by atoms with van der Waals surface area (Å²) in [5.41, 5.74) is 2.06. The van der Waals surface area contributed by atoms with Gasteiger partial charge in [0, 0.05) is 71.3 Å². The zero-order valence-corrected chi connectivity index (χ0v) is 23.4. The fourth-order valence-corrected chi connectivity index (χ4v) is 6.30. The summed E-state index contributed by atoms with van der Waals surface area (Å²) in [5, 5.41) is 19.8. The van der Waals surface area contributed by atoms with Crippen LogP contribution in [0.1, 0.15) is 56.1 Å². The quantitative estimate of drug-likeness (QED) is 0.392. The van der Waals surface area contributed by atoms with Crippen molar-refractivity contribution < 1.29 is 29.3 Å². The van der Waals surface area contributed by atoms with Gasteiger partial charge in [-0.05, 0) is 42.9 Å². The maximum absolute atomic E-state index is 13.5. The summed E-state index contributed by atoms with van der Waals surface area (Å²) < 4.78 is 5.66. The predicted molar refractivity (Wildman–Crippen MR) is 147 cm³/mol. The predicted octanol–water partition coefficient (Wildman–Crippen LogP) is 2.25. The van der Waals surface area contributed by atoms with Crippen LogP contribution in [0.15, 0.2) is 18.2 Å². The highest BCUT2D eigenvalue weighted by Gasteiger charge is 2.47. The van der Waals surface area contributed by atoms with Gasteiger partial charge < -0.3 is 29.6 Å². The van der Waals surface area contributed by atoms with E-state index in [1.54, 1.807) is 21.7 Å². The van der Waals surface area contributed by atoms with Gasteiger partial charge in [0.15, 0.2) is 0 Å². The first-order valence-corrected chi connectivity index (χ1v) is 14.4. The first-order chi connectivity index (χ1) is 18.8. The molecule has 10 nitrogen and oxygen atoms in total. The lowest BCUT2D eigenvalue weighted by Gasteiger charge is -2.35. The Bertz CT molecular complexity index is 1010. The summed E-state index contributed by atoms with van der Waals surface area (Å²) in [7, 11) is 1.79. The summed E-state index contributed by atoms with van der Waals surface area (Å²) in [6.45, 7) is 6.27. The second-order valence-electron chi connectivity index (χ2n) is 11.1. The number of amides is 3. The molecule has 10 heteroatoms. The van der Waals surface area contributed by atoms with Crippen LogP contribution in [0, 0.1) is 5.92 Å². The molecular weight excluding hydrogens is 500 g/mol. The molecule has 3 atom stereocenters. The zero-order chi connectivity index (χ0) is 27.9. The molecule has 0 saturated carbocycles. The number of aliphatic hydroxyl groups is 1. The minimum absolute atomic E-state index is 0.0196. The highest BCUT2D eigenvalue weighted by molar-refractivity contribution is 5.79. The van der Waals surface area contributed by atoms with Gasteiger partial charge in [0.25, 0.3) is 0 Å². The summed E-state index contributed by atoms with van der Waals surface area (Å²) in [6, 6.07) is 5.56. The molecule has 3 aliphatic rings. The molecule has 3 amide bonds. The lowest BCUT2D eigenvalue weighted by Crippen LogP contribution is -2.50. The summed E-state index contributed by atoms with van der Waals surface area (Å²) in [6.07, 6.45) is 4.53. The third-order valence-corrected chi connectivity index (χ3v) is 8.45. The first kappa shape index (κ1) is 29.1. The van der Waals surface area contributed by atoms with Crippen molar-refractivity contribution in [1.82, 2.24) is 19.6 Å². The lowest BCUT2D eigenvalue weighted by molar-refractivity contribution is -0.144. The van der Waals surface area contributed by atoms with E-state index in [9.17, 15) is 24.6 Å². The normalized spacial score (nSPS) is 23.2. The molecular formula is C29H44N4O6. The molecule has 0 aromatic heterocycles. The summed E-state index contributed by atoms with van der Waals surface area (Å²) in [4.78, 5) is 46.3. The second-order valence-corrected chi connectivity index (χ2v) is 11.1. The summed E-state index contributed by atoms with van der Waals surface area (Å²) in [5.74, 6) is -1.02. The number of likely N-dealkylation sites (tertiary alicyclic amines) is 1. The molecule has 216 valence electrons. The number of benzene rings is 1. The number of rotatable bonds is 13. The number of aliphatic carboxylic acids is 1. The van der Waals surface area contributed by atoms with Crippen LogP contribution in [0.2, 0.25) is 0 Å². The largest absolute Gasteiger partial charge is 0.493 e. The van der Waals surface area contributed by atoms with Gasteiger partial charge in [0.1, 0.15) is 5.75 Å². The van der Waals surface area contributed by atoms with E-state index in [4.69, 9.17) is 4.74 Å². The van der Waals surface area contributed by atoms with E-state index >= 15 is 0 Å². The van der Waals surface area contributed by atoms with Crippen molar-refractivity contribution in [3.8, 4) is 5.75 Å². The Morgan fingerprint density at radius 2 is 1.97 bits per heavy atom. The number of fused-ring (bicyclic) bond motifs is 1. The summed E-state index contributed by atoms with van der Waals surface area (Å²) >= 11 is 0. The van der Waals surface area contributed by atoms with Crippen LogP contribution in [0.25, 0.3) is 0 Å². The molecule has 3 heterocycles. The maximum atomic E-state index is 13.5. The highest BCUT2D eigenvalue weighted by Crippen LogP contribution is 2.41. The van der Waals surface area contributed by atoms with Gasteiger partial charge in [-0.3, -0.25) is 14.5 Å². The fourth-order valence-electron chi connectivity index (χ4n) is 6.30. The molecule has 1 aromatic rings. The Morgan fingerprint density at radius 3 is 2.72 bits per heavy atom. The van der Waals surface area contributed by atoms with Crippen LogP contribution in [0.5, 0.6) is 5.75 Å². The Labute approximate surface area is 231 Å². The number of aliphatic hydroxyl groups excluding tert-OH is 1. The molecule has 0 spiro atoms. The molecule has 3 aliphatic heterocycles. The van der Waals surface area contributed by atoms with Gasteiger partial charge in [-0.1, -0.05) is 25.5 Å². The Balaban J connectivity index is 1.58. The number of urea groups is 1. The molecule has 4 rings (SSSR count). The minimum atomic E-state index is -0.873. The third kappa shape index (κ3) is 6.84. The Hall–Kier alpha value is -2.85. The lowest BCUT2D eigenvalue weighted by atomic mass is 9.83. The average Bonchev–Trinajstić information content (AvgIpc) is 3.53. The molecule has 0 aliphatic carbocycles. The number of carboxylic acids is 1. The van der Waals surface area contributed by atoms with Crippen molar-refractivity contribution in [2.45, 2.75) is 57.4 Å². The number of carboxylic acid groups (broad SMARTS) is 1. The Kier molecular flexibility index (Phi) is 10.1. The topological polar surface area (TPSA) is 114 Å². The fraction of sp³-hybridized carbons (Fsp3) is 0.690. The van der Waals surface area contributed by atoms with Crippen molar-refractivity contribution in [2.24, 2.45) is 5.92 Å². The number of unbranched alkanes of at least 4 members (excludes halogenated alkanes) is 1. The number of ether oxygens (including phenoxy) is 1. The van der Waals surface area contributed by atoms with E-state index in [1.807, 2.05) is 17.0 Å². The van der Waals surface area contributed by atoms with Crippen LogP contribution < -0.4 is 4.74 Å². The van der Waals surface area contributed by atoms with Gasteiger partial charge in [-0.25, -0.2) is 4.79 Å². The number of carbonyl (C=O) groups is 3. The van der Waals surface area contributed by atoms with E-state index in [-0.39, 0.29) is 37.0 Å². The molecule has 0 radical (unpaired) electrons. The van der Waals surface area contributed by atoms with Crippen molar-refractivity contribution >= 4 is 17.9 Å². The van der Waals surface area contributed by atoms with Crippen molar-refractivity contribution in [3.05, 3.63) is 29.3 Å². The van der Waals surface area contributed by atoms with E-state index < -0.39 is 11.9 Å². The molecule has 2 saturated heterocycles. The SMILES string of the molecule is CCCCN(CCCO)C(=O)CN1CC(c2ccc3c(c2)CCO3)C(C(=O)O)C1CCN1CCCN(C)C1=O. The Morgan fingerprint density at radius 1 is 1.18 bits per heavy atom. The van der Waals surface area contributed by atoms with E-state index in [0.29, 0.717) is 52.2 Å². The first-order valence-electron chi connectivity index (χ1n) is 14.4. The number of nitrogens with zero attached hydrogens (tertiary/aromatic N) is 4.